The summed E-state index contributed by atoms with van der Waals surface area (Å²) < 4.78 is 12.0. The van der Waals surface area contributed by atoms with Gasteiger partial charge in [0.1, 0.15) is 0 Å². The quantitative estimate of drug-likeness (QED) is 0.214. The second-order valence-corrected chi connectivity index (χ2v) is 7.31. The molecule has 6 heteroatoms. The molecule has 0 spiro atoms. The third kappa shape index (κ3) is 12.8. The summed E-state index contributed by atoms with van der Waals surface area (Å²) in [5, 5.41) is 3.05. The molecular weight excluding hydrogens is 433 g/mol. The van der Waals surface area contributed by atoms with Gasteiger partial charge in [0, 0.05) is 35.4 Å². The molecular formula is C18H32IN3OS. The number of nitrogens with two attached hydrogens (primary N) is 1. The number of hydrogen-bond acceptors (Lipinski definition) is 2. The van der Waals surface area contributed by atoms with Gasteiger partial charge in [-0.3, -0.25) is 9.20 Å². The SMILES string of the molecule is CCCCCCCCN=C(N)NCCS(=O)Cc1ccccc1.I. The highest BCUT2D eigenvalue weighted by molar-refractivity contribution is 14.0. The smallest absolute Gasteiger partial charge is 0.188 e. The Morgan fingerprint density at radius 2 is 1.79 bits per heavy atom. The fourth-order valence-corrected chi connectivity index (χ4v) is 3.31. The van der Waals surface area contributed by atoms with E-state index in [1.807, 2.05) is 30.3 Å². The summed E-state index contributed by atoms with van der Waals surface area (Å²) in [4.78, 5) is 4.31. The predicted molar refractivity (Wildman–Crippen MR) is 116 cm³/mol. The van der Waals surface area contributed by atoms with Crippen molar-refractivity contribution >= 4 is 40.7 Å². The maximum atomic E-state index is 12.0. The molecule has 0 aliphatic carbocycles. The molecule has 0 amide bonds. The van der Waals surface area contributed by atoms with E-state index in [1.165, 1.54) is 32.1 Å². The van der Waals surface area contributed by atoms with Crippen LogP contribution in [-0.2, 0) is 16.6 Å². The maximum Gasteiger partial charge on any atom is 0.188 e. The Labute approximate surface area is 166 Å². The predicted octanol–water partition coefficient (Wildman–Crippen LogP) is 3.82. The largest absolute Gasteiger partial charge is 0.370 e. The lowest BCUT2D eigenvalue weighted by Crippen LogP contribution is -2.34. The van der Waals surface area contributed by atoms with Gasteiger partial charge in [0.05, 0.1) is 0 Å². The zero-order chi connectivity index (χ0) is 16.8. The Morgan fingerprint density at radius 3 is 2.50 bits per heavy atom. The van der Waals surface area contributed by atoms with Crippen LogP contribution in [0.2, 0.25) is 0 Å². The van der Waals surface area contributed by atoms with Crippen LogP contribution in [0, 0.1) is 0 Å². The van der Waals surface area contributed by atoms with E-state index in [4.69, 9.17) is 5.73 Å². The molecule has 1 rings (SSSR count). The average Bonchev–Trinajstić information content (AvgIpc) is 2.55. The van der Waals surface area contributed by atoms with Crippen molar-refractivity contribution in [2.45, 2.75) is 51.2 Å². The number of nitrogens with one attached hydrogen (secondary N) is 1. The van der Waals surface area contributed by atoms with Crippen LogP contribution in [-0.4, -0.2) is 29.0 Å². The van der Waals surface area contributed by atoms with Gasteiger partial charge in [-0.2, -0.15) is 0 Å². The normalized spacial score (nSPS) is 12.5. The summed E-state index contributed by atoms with van der Waals surface area (Å²) in [6.45, 7) is 3.60. The third-order valence-corrected chi connectivity index (χ3v) is 4.91. The van der Waals surface area contributed by atoms with Crippen LogP contribution < -0.4 is 11.1 Å². The second kappa shape index (κ2) is 15.9. The first-order valence-corrected chi connectivity index (χ1v) is 10.1. The lowest BCUT2D eigenvalue weighted by Gasteiger charge is -2.06. The molecule has 1 atom stereocenters. The second-order valence-electron chi connectivity index (χ2n) is 5.74. The molecule has 0 bridgehead atoms. The van der Waals surface area contributed by atoms with Crippen LogP contribution in [0.4, 0.5) is 0 Å². The number of benzene rings is 1. The minimum absolute atomic E-state index is 0. The Hall–Kier alpha value is -0.630. The zero-order valence-electron chi connectivity index (χ0n) is 14.7. The molecule has 0 aliphatic heterocycles. The summed E-state index contributed by atoms with van der Waals surface area (Å²) in [6, 6.07) is 9.91. The molecule has 0 fully saturated rings. The number of aliphatic imine (C=N–C) groups is 1. The van der Waals surface area contributed by atoms with Crippen molar-refractivity contribution in [2.75, 3.05) is 18.8 Å². The van der Waals surface area contributed by atoms with Crippen molar-refractivity contribution < 1.29 is 4.21 Å². The lowest BCUT2D eigenvalue weighted by molar-refractivity contribution is 0.611. The molecule has 4 nitrogen and oxygen atoms in total. The molecule has 0 saturated heterocycles. The van der Waals surface area contributed by atoms with Crippen LogP contribution in [0.3, 0.4) is 0 Å². The van der Waals surface area contributed by atoms with Crippen molar-refractivity contribution in [3.8, 4) is 0 Å². The summed E-state index contributed by atoms with van der Waals surface area (Å²) in [5.74, 6) is 1.65. The van der Waals surface area contributed by atoms with Gasteiger partial charge in [0.2, 0.25) is 0 Å². The summed E-state index contributed by atoms with van der Waals surface area (Å²) >= 11 is 0. The summed E-state index contributed by atoms with van der Waals surface area (Å²) in [5.41, 5.74) is 6.92. The van der Waals surface area contributed by atoms with E-state index < -0.39 is 10.8 Å². The fourth-order valence-electron chi connectivity index (χ4n) is 2.27. The number of halogens is 1. The lowest BCUT2D eigenvalue weighted by atomic mass is 10.1. The van der Waals surface area contributed by atoms with Crippen LogP contribution in [0.15, 0.2) is 35.3 Å². The summed E-state index contributed by atoms with van der Waals surface area (Å²) in [6.07, 6.45) is 7.52. The van der Waals surface area contributed by atoms with Gasteiger partial charge in [0.25, 0.3) is 0 Å². The summed E-state index contributed by atoms with van der Waals surface area (Å²) in [7, 11) is -0.873. The van der Waals surface area contributed by atoms with Gasteiger partial charge in [0.15, 0.2) is 5.96 Å². The van der Waals surface area contributed by atoms with E-state index in [1.54, 1.807) is 0 Å². The molecule has 3 N–H and O–H groups in total. The van der Waals surface area contributed by atoms with Crippen LogP contribution in [0.5, 0.6) is 0 Å². The van der Waals surface area contributed by atoms with Crippen molar-refractivity contribution in [3.63, 3.8) is 0 Å². The monoisotopic (exact) mass is 465 g/mol. The van der Waals surface area contributed by atoms with Crippen molar-refractivity contribution in [3.05, 3.63) is 35.9 Å². The van der Waals surface area contributed by atoms with E-state index in [2.05, 4.69) is 17.2 Å². The maximum absolute atomic E-state index is 12.0. The number of rotatable bonds is 12. The van der Waals surface area contributed by atoms with Gasteiger partial charge in [-0.15, -0.1) is 24.0 Å². The van der Waals surface area contributed by atoms with E-state index in [0.29, 0.717) is 24.0 Å². The molecule has 0 saturated carbocycles. The minimum Gasteiger partial charge on any atom is -0.370 e. The molecule has 1 aromatic carbocycles. The van der Waals surface area contributed by atoms with E-state index in [0.717, 1.165) is 18.5 Å². The standard InChI is InChI=1S/C18H31N3OS.HI/c1-2-3-4-5-6-10-13-20-18(19)21-14-15-23(22)16-17-11-8-7-9-12-17;/h7-9,11-12H,2-6,10,13-16H2,1H3,(H3,19,20,21);1H. The van der Waals surface area contributed by atoms with Crippen molar-refractivity contribution in [1.29, 1.82) is 0 Å². The fraction of sp³-hybridized carbons (Fsp3) is 0.611. The Bertz CT molecular complexity index is 469. The van der Waals surface area contributed by atoms with Crippen molar-refractivity contribution in [1.82, 2.24) is 5.32 Å². The molecule has 1 unspecified atom stereocenters. The first kappa shape index (κ1) is 23.4. The van der Waals surface area contributed by atoms with Gasteiger partial charge < -0.3 is 11.1 Å². The van der Waals surface area contributed by atoms with Gasteiger partial charge >= 0.3 is 0 Å². The average molecular weight is 465 g/mol. The molecule has 0 aromatic heterocycles. The molecule has 24 heavy (non-hydrogen) atoms. The molecule has 0 radical (unpaired) electrons. The van der Waals surface area contributed by atoms with Gasteiger partial charge in [-0.1, -0.05) is 69.4 Å². The van der Waals surface area contributed by atoms with Crippen molar-refractivity contribution in [2.24, 2.45) is 10.7 Å². The van der Waals surface area contributed by atoms with Crippen LogP contribution >= 0.6 is 24.0 Å². The van der Waals surface area contributed by atoms with E-state index in [-0.39, 0.29) is 24.0 Å². The first-order chi connectivity index (χ1) is 11.2. The first-order valence-electron chi connectivity index (χ1n) is 8.65. The third-order valence-electron chi connectivity index (χ3n) is 3.60. The van der Waals surface area contributed by atoms with E-state index >= 15 is 0 Å². The molecule has 1 aromatic rings. The van der Waals surface area contributed by atoms with Gasteiger partial charge in [-0.05, 0) is 12.0 Å². The highest BCUT2D eigenvalue weighted by Gasteiger charge is 2.01. The molecule has 0 aliphatic rings. The zero-order valence-corrected chi connectivity index (χ0v) is 17.9. The highest BCUT2D eigenvalue weighted by Crippen LogP contribution is 2.04. The van der Waals surface area contributed by atoms with Crippen LogP contribution in [0.1, 0.15) is 51.0 Å². The number of hydrogen-bond donors (Lipinski definition) is 2. The molecule has 0 heterocycles. The Morgan fingerprint density at radius 1 is 1.12 bits per heavy atom. The Kier molecular flexibility index (Phi) is 15.5. The highest BCUT2D eigenvalue weighted by atomic mass is 127. The molecule has 138 valence electrons. The minimum atomic E-state index is -0.873. The van der Waals surface area contributed by atoms with Gasteiger partial charge in [-0.25, -0.2) is 0 Å². The Balaban J connectivity index is 0.00000529. The number of nitrogens with zero attached hydrogens (tertiary/aromatic N) is 1. The topological polar surface area (TPSA) is 67.5 Å². The number of unbranched alkanes of at least 4 members (excludes halogenated alkanes) is 5. The van der Waals surface area contributed by atoms with Crippen LogP contribution in [0.25, 0.3) is 0 Å². The number of guanidine groups is 1. The van der Waals surface area contributed by atoms with E-state index in [9.17, 15) is 4.21 Å².